The van der Waals surface area contributed by atoms with E-state index in [0.29, 0.717) is 17.8 Å². The molecule has 4 nitrogen and oxygen atoms in total. The second kappa shape index (κ2) is 5.91. The lowest BCUT2D eigenvalue weighted by atomic mass is 9.92. The number of thiocarbonyl (C=S) groups is 1. The summed E-state index contributed by atoms with van der Waals surface area (Å²) in [7, 11) is 0. The van der Waals surface area contributed by atoms with E-state index < -0.39 is 0 Å². The molecule has 0 atom stereocenters. The molecule has 0 fully saturated rings. The van der Waals surface area contributed by atoms with Gasteiger partial charge in [0.2, 0.25) is 0 Å². The van der Waals surface area contributed by atoms with E-state index in [2.05, 4.69) is 31.1 Å². The number of nitrogens with two attached hydrogens (primary N) is 1. The van der Waals surface area contributed by atoms with Gasteiger partial charge in [-0.05, 0) is 24.0 Å². The fourth-order valence-electron chi connectivity index (χ4n) is 1.32. The van der Waals surface area contributed by atoms with Gasteiger partial charge in [-0.1, -0.05) is 33.0 Å². The highest BCUT2D eigenvalue weighted by molar-refractivity contribution is 7.80. The van der Waals surface area contributed by atoms with Crippen molar-refractivity contribution < 1.29 is 4.79 Å². The average Bonchev–Trinajstić information content (AvgIpc) is 2.27. The number of carbonyl (C=O) groups excluding carboxylic acids is 1. The van der Waals surface area contributed by atoms with Crippen molar-refractivity contribution >= 4 is 23.1 Å². The van der Waals surface area contributed by atoms with E-state index in [-0.39, 0.29) is 16.3 Å². The number of carbonyl (C=O) groups is 1. The maximum atomic E-state index is 11.8. The van der Waals surface area contributed by atoms with Crippen LogP contribution < -0.4 is 11.1 Å². The number of hydrogen-bond donors (Lipinski definition) is 2. The monoisotopic (exact) mass is 265 g/mol. The molecule has 0 aliphatic heterocycles. The molecule has 1 heterocycles. The molecule has 3 N–H and O–H groups in total. The van der Waals surface area contributed by atoms with E-state index in [9.17, 15) is 4.79 Å². The van der Waals surface area contributed by atoms with Gasteiger partial charge < -0.3 is 11.1 Å². The first-order valence-electron chi connectivity index (χ1n) is 5.84. The van der Waals surface area contributed by atoms with Gasteiger partial charge >= 0.3 is 0 Å². The topological polar surface area (TPSA) is 68.0 Å². The van der Waals surface area contributed by atoms with Crippen LogP contribution in [-0.4, -0.2) is 22.4 Å². The van der Waals surface area contributed by atoms with Crippen molar-refractivity contribution in [3.05, 3.63) is 29.6 Å². The number of nitrogens with zero attached hydrogens (tertiary/aromatic N) is 1. The molecule has 0 radical (unpaired) electrons. The van der Waals surface area contributed by atoms with Gasteiger partial charge in [0.25, 0.3) is 5.91 Å². The summed E-state index contributed by atoms with van der Waals surface area (Å²) in [5.74, 6) is -0.172. The zero-order valence-electron chi connectivity index (χ0n) is 11.0. The minimum atomic E-state index is -0.172. The molecule has 0 saturated heterocycles. The van der Waals surface area contributed by atoms with E-state index in [1.54, 1.807) is 12.1 Å². The lowest BCUT2D eigenvalue weighted by Crippen LogP contribution is -2.28. The largest absolute Gasteiger partial charge is 0.389 e. The highest BCUT2D eigenvalue weighted by Gasteiger charge is 2.12. The third kappa shape index (κ3) is 4.79. The third-order valence-corrected chi connectivity index (χ3v) is 2.68. The maximum absolute atomic E-state index is 11.8. The first-order valence-corrected chi connectivity index (χ1v) is 6.24. The number of rotatable bonds is 4. The molecule has 0 unspecified atom stereocenters. The molecular weight excluding hydrogens is 246 g/mol. The van der Waals surface area contributed by atoms with Crippen LogP contribution in [0.2, 0.25) is 0 Å². The highest BCUT2D eigenvalue weighted by Crippen LogP contribution is 2.16. The van der Waals surface area contributed by atoms with Crippen molar-refractivity contribution in [1.29, 1.82) is 0 Å². The summed E-state index contributed by atoms with van der Waals surface area (Å²) in [4.78, 5) is 16.1. The Balaban J connectivity index is 2.54. The van der Waals surface area contributed by atoms with Crippen LogP contribution in [0, 0.1) is 5.41 Å². The molecule has 98 valence electrons. The smallest absolute Gasteiger partial charge is 0.269 e. The molecule has 1 rings (SSSR count). The Bertz CT molecular complexity index is 435. The molecule has 0 saturated carbocycles. The summed E-state index contributed by atoms with van der Waals surface area (Å²) in [6, 6.07) is 3.33. The number of amides is 1. The second-order valence-electron chi connectivity index (χ2n) is 5.36. The molecule has 0 bridgehead atoms. The predicted molar refractivity (Wildman–Crippen MR) is 76.5 cm³/mol. The van der Waals surface area contributed by atoms with Gasteiger partial charge in [-0.2, -0.15) is 0 Å². The fraction of sp³-hybridized carbons (Fsp3) is 0.462. The molecule has 0 aliphatic rings. The van der Waals surface area contributed by atoms with Crippen molar-refractivity contribution in [1.82, 2.24) is 10.3 Å². The average molecular weight is 265 g/mol. The van der Waals surface area contributed by atoms with E-state index in [0.717, 1.165) is 6.42 Å². The van der Waals surface area contributed by atoms with Crippen molar-refractivity contribution in [3.8, 4) is 0 Å². The molecule has 0 spiro atoms. The summed E-state index contributed by atoms with van der Waals surface area (Å²) in [6.45, 7) is 7.04. The minimum Gasteiger partial charge on any atom is -0.389 e. The van der Waals surface area contributed by atoms with Crippen LogP contribution in [-0.2, 0) is 0 Å². The van der Waals surface area contributed by atoms with Crippen molar-refractivity contribution in [3.63, 3.8) is 0 Å². The molecule has 1 aromatic rings. The van der Waals surface area contributed by atoms with Crippen LogP contribution in [0.4, 0.5) is 0 Å². The van der Waals surface area contributed by atoms with Crippen molar-refractivity contribution in [2.45, 2.75) is 27.2 Å². The Morgan fingerprint density at radius 3 is 2.56 bits per heavy atom. The van der Waals surface area contributed by atoms with E-state index in [1.165, 1.54) is 6.20 Å². The Hall–Kier alpha value is -1.49. The van der Waals surface area contributed by atoms with Crippen LogP contribution in [0.25, 0.3) is 0 Å². The normalized spacial score (nSPS) is 11.1. The number of aromatic nitrogens is 1. The summed E-state index contributed by atoms with van der Waals surface area (Å²) in [5, 5.41) is 2.84. The zero-order valence-corrected chi connectivity index (χ0v) is 11.8. The Kier molecular flexibility index (Phi) is 4.78. The van der Waals surface area contributed by atoms with Gasteiger partial charge in [0.05, 0.1) is 0 Å². The summed E-state index contributed by atoms with van der Waals surface area (Å²) in [5.41, 5.74) is 6.71. The van der Waals surface area contributed by atoms with Gasteiger partial charge in [-0.15, -0.1) is 0 Å². The van der Waals surface area contributed by atoms with Gasteiger partial charge in [0.1, 0.15) is 10.7 Å². The first kappa shape index (κ1) is 14.6. The molecule has 1 aromatic heterocycles. The van der Waals surface area contributed by atoms with Gasteiger partial charge in [0.15, 0.2) is 0 Å². The molecule has 18 heavy (non-hydrogen) atoms. The van der Waals surface area contributed by atoms with Crippen molar-refractivity contribution in [2.24, 2.45) is 11.1 Å². The summed E-state index contributed by atoms with van der Waals surface area (Å²) >= 11 is 4.82. The molecule has 1 amide bonds. The summed E-state index contributed by atoms with van der Waals surface area (Å²) < 4.78 is 0. The van der Waals surface area contributed by atoms with Crippen LogP contribution >= 0.6 is 12.2 Å². The minimum absolute atomic E-state index is 0.172. The Labute approximate surface area is 113 Å². The Morgan fingerprint density at radius 2 is 2.11 bits per heavy atom. The Morgan fingerprint density at radius 1 is 1.44 bits per heavy atom. The first-order chi connectivity index (χ1) is 8.29. The van der Waals surface area contributed by atoms with E-state index in [4.69, 9.17) is 18.0 Å². The van der Waals surface area contributed by atoms with Crippen molar-refractivity contribution in [2.75, 3.05) is 6.54 Å². The van der Waals surface area contributed by atoms with Crippen LogP contribution in [0.15, 0.2) is 18.3 Å². The standard InChI is InChI=1S/C13H19N3OS/c1-13(2,3)6-7-15-12(17)10-5-4-9(8-16-10)11(14)18/h4-5,8H,6-7H2,1-3H3,(H2,14,18)(H,15,17). The van der Waals surface area contributed by atoms with Crippen LogP contribution in [0.3, 0.4) is 0 Å². The number of pyridine rings is 1. The quantitative estimate of drug-likeness (QED) is 0.816. The molecule has 0 aromatic carbocycles. The SMILES string of the molecule is CC(C)(C)CCNC(=O)c1ccc(C(N)=S)cn1. The van der Waals surface area contributed by atoms with Gasteiger partial charge in [-0.3, -0.25) is 9.78 Å². The van der Waals surface area contributed by atoms with E-state index in [1.807, 2.05) is 0 Å². The molecule has 5 heteroatoms. The lowest BCUT2D eigenvalue weighted by molar-refractivity contribution is 0.0944. The fourth-order valence-corrected chi connectivity index (χ4v) is 1.44. The van der Waals surface area contributed by atoms with Gasteiger partial charge in [-0.25, -0.2) is 0 Å². The third-order valence-electron chi connectivity index (χ3n) is 2.44. The maximum Gasteiger partial charge on any atom is 0.269 e. The van der Waals surface area contributed by atoms with E-state index >= 15 is 0 Å². The van der Waals surface area contributed by atoms with Crippen LogP contribution in [0.5, 0.6) is 0 Å². The second-order valence-corrected chi connectivity index (χ2v) is 5.80. The predicted octanol–water partition coefficient (Wildman–Crippen LogP) is 1.88. The van der Waals surface area contributed by atoms with Crippen LogP contribution in [0.1, 0.15) is 43.2 Å². The number of hydrogen-bond acceptors (Lipinski definition) is 3. The zero-order chi connectivity index (χ0) is 13.8. The molecular formula is C13H19N3OS. The summed E-state index contributed by atoms with van der Waals surface area (Å²) in [6.07, 6.45) is 2.44. The lowest BCUT2D eigenvalue weighted by Gasteiger charge is -2.17. The molecule has 0 aliphatic carbocycles. The number of nitrogens with one attached hydrogen (secondary N) is 1. The highest BCUT2D eigenvalue weighted by atomic mass is 32.1. The van der Waals surface area contributed by atoms with Gasteiger partial charge in [0, 0.05) is 18.3 Å².